The van der Waals surface area contributed by atoms with E-state index in [2.05, 4.69) is 5.16 Å². The summed E-state index contributed by atoms with van der Waals surface area (Å²) >= 11 is 5.94. The van der Waals surface area contributed by atoms with E-state index in [-0.39, 0.29) is 63.1 Å². The Kier molecular flexibility index (Phi) is 15.7. The number of carbonyl (C=O) groups excluding carboxylic acids is 7. The van der Waals surface area contributed by atoms with Crippen LogP contribution in [0.15, 0.2) is 80.0 Å². The molecule has 1 aromatic heterocycles. The Hall–Kier alpha value is -6.11. The summed E-state index contributed by atoms with van der Waals surface area (Å²) in [6.45, 7) is 0. The molecule has 1 heterocycles. The lowest BCUT2D eigenvalue weighted by atomic mass is 9.81. The van der Waals surface area contributed by atoms with Crippen LogP contribution in [0.1, 0.15) is 105 Å². The van der Waals surface area contributed by atoms with Gasteiger partial charge in [0.25, 0.3) is 5.69 Å². The first kappa shape index (κ1) is 52.9. The van der Waals surface area contributed by atoms with E-state index >= 15 is 0 Å². The molecule has 18 nitrogen and oxygen atoms in total. The molecule has 3 fully saturated rings. The van der Waals surface area contributed by atoms with Crippen molar-refractivity contribution in [1.29, 1.82) is 0 Å². The van der Waals surface area contributed by atoms with Crippen molar-refractivity contribution < 1.29 is 81.4 Å². The second-order valence-corrected chi connectivity index (χ2v) is 22.4. The van der Waals surface area contributed by atoms with Gasteiger partial charge in [0.15, 0.2) is 75.8 Å². The van der Waals surface area contributed by atoms with Crippen LogP contribution in [0.5, 0.6) is 0 Å². The van der Waals surface area contributed by atoms with Gasteiger partial charge in [0.05, 0.1) is 47.5 Å². The molecule has 3 aliphatic carbocycles. The van der Waals surface area contributed by atoms with Crippen molar-refractivity contribution in [3.8, 4) is 0 Å². The maximum atomic E-state index is 12.8. The van der Waals surface area contributed by atoms with Crippen LogP contribution in [0.4, 0.5) is 18.9 Å². The zero-order valence-electron chi connectivity index (χ0n) is 35.8. The molecule has 7 rings (SSSR count). The molecule has 0 amide bonds. The zero-order chi connectivity index (χ0) is 50.8. The fourth-order valence-corrected chi connectivity index (χ4v) is 9.66. The number of alkyl halides is 3. The predicted octanol–water partition coefficient (Wildman–Crippen LogP) is 6.19. The van der Waals surface area contributed by atoms with Gasteiger partial charge in [-0.25, -0.2) is 25.3 Å². The minimum Gasteiger partial charge on any atom is -0.360 e. The molecule has 0 unspecified atom stereocenters. The Morgan fingerprint density at radius 3 is 1.56 bits per heavy atom. The highest BCUT2D eigenvalue weighted by Gasteiger charge is 2.41. The Labute approximate surface area is 390 Å². The molecule has 0 radical (unpaired) electrons. The molecule has 0 bridgehead atoms. The number of nitro benzene ring substituents is 1. The number of halogens is 4. The third-order valence-corrected chi connectivity index (χ3v) is 14.4. The van der Waals surface area contributed by atoms with Crippen molar-refractivity contribution in [3.05, 3.63) is 110 Å². The number of rotatable bonds is 11. The van der Waals surface area contributed by atoms with E-state index in [9.17, 15) is 82.1 Å². The van der Waals surface area contributed by atoms with E-state index in [4.69, 9.17) is 16.1 Å². The number of nitrogens with zero attached hydrogens (tertiary/aromatic N) is 2. The Morgan fingerprint density at radius 2 is 1.13 bits per heavy atom. The van der Waals surface area contributed by atoms with Crippen molar-refractivity contribution in [2.75, 3.05) is 18.8 Å². The van der Waals surface area contributed by atoms with Gasteiger partial charge >= 0.3 is 6.18 Å². The quantitative estimate of drug-likeness (QED) is 0.0700. The zero-order valence-corrected chi connectivity index (χ0v) is 39.0. The van der Waals surface area contributed by atoms with Crippen molar-refractivity contribution in [3.63, 3.8) is 0 Å². The van der Waals surface area contributed by atoms with Gasteiger partial charge in [-0.05, 0) is 74.2 Å². The van der Waals surface area contributed by atoms with Crippen LogP contribution in [-0.2, 0) is 54.9 Å². The van der Waals surface area contributed by atoms with Gasteiger partial charge in [0.2, 0.25) is 0 Å². The van der Waals surface area contributed by atoms with Crippen LogP contribution < -0.4 is 0 Å². The van der Waals surface area contributed by atoms with E-state index in [1.54, 1.807) is 0 Å². The molecule has 25 heteroatoms. The smallest absolute Gasteiger partial charge is 0.360 e. The van der Waals surface area contributed by atoms with Crippen molar-refractivity contribution >= 4 is 87.3 Å². The number of Topliss-reactive ketones (excluding diaryl/α,β-unsaturated/α-hetero) is 6. The van der Waals surface area contributed by atoms with E-state index in [0.717, 1.165) is 61.9 Å². The third-order valence-electron chi connectivity index (χ3n) is 10.7. The van der Waals surface area contributed by atoms with Gasteiger partial charge in [-0.2, -0.15) is 13.2 Å². The first-order chi connectivity index (χ1) is 31.4. The van der Waals surface area contributed by atoms with Crippen LogP contribution in [0.2, 0.25) is 5.02 Å². The number of hydrogen-bond donors (Lipinski definition) is 0. The molecular formula is C43H38ClF3N2O16S3. The largest absolute Gasteiger partial charge is 0.416 e. The summed E-state index contributed by atoms with van der Waals surface area (Å²) in [7, 11) is -11.2. The molecule has 68 heavy (non-hydrogen) atoms. The summed E-state index contributed by atoms with van der Waals surface area (Å²) < 4.78 is 113. The first-order valence-electron chi connectivity index (χ1n) is 20.0. The molecule has 3 aliphatic rings. The van der Waals surface area contributed by atoms with Crippen molar-refractivity contribution in [2.45, 2.75) is 78.1 Å². The molecule has 0 N–H and O–H groups in total. The molecule has 0 atom stereocenters. The minimum absolute atomic E-state index is 0.00216. The maximum Gasteiger partial charge on any atom is 0.416 e. The lowest BCUT2D eigenvalue weighted by molar-refractivity contribution is -0.385. The predicted molar refractivity (Wildman–Crippen MR) is 231 cm³/mol. The lowest BCUT2D eigenvalue weighted by Crippen LogP contribution is -2.35. The Morgan fingerprint density at radius 1 is 0.676 bits per heavy atom. The molecule has 3 aromatic carbocycles. The van der Waals surface area contributed by atoms with E-state index in [1.807, 2.05) is 0 Å². The topological polar surface area (TPSA) is 291 Å². The van der Waals surface area contributed by atoms with Gasteiger partial charge in [-0.3, -0.25) is 43.7 Å². The Balaban J connectivity index is 0.000000191. The summed E-state index contributed by atoms with van der Waals surface area (Å²) in [5.74, 6) is -6.71. The number of aromatic nitrogens is 1. The second kappa shape index (κ2) is 20.2. The minimum atomic E-state index is -4.71. The summed E-state index contributed by atoms with van der Waals surface area (Å²) in [5.41, 5.74) is -2.54. The van der Waals surface area contributed by atoms with Crippen LogP contribution >= 0.6 is 11.6 Å². The van der Waals surface area contributed by atoms with Gasteiger partial charge in [-0.15, -0.1) is 0 Å². The number of hydrogen-bond acceptors (Lipinski definition) is 17. The summed E-state index contributed by atoms with van der Waals surface area (Å²) in [4.78, 5) is 93.8. The molecule has 0 spiro atoms. The van der Waals surface area contributed by atoms with E-state index in [1.165, 1.54) is 18.3 Å². The molecular weight excluding hydrogens is 989 g/mol. The average molecular weight is 1030 g/mol. The fourth-order valence-electron chi connectivity index (χ4n) is 7.13. The highest BCUT2D eigenvalue weighted by atomic mass is 35.5. The maximum absolute atomic E-state index is 12.8. The second-order valence-electron chi connectivity index (χ2n) is 16.0. The summed E-state index contributed by atoms with van der Waals surface area (Å²) in [6, 6.07) is 8.48. The number of benzene rings is 3. The van der Waals surface area contributed by atoms with Gasteiger partial charge < -0.3 is 4.52 Å². The monoisotopic (exact) mass is 1030 g/mol. The molecule has 0 aliphatic heterocycles. The van der Waals surface area contributed by atoms with Crippen LogP contribution in [0.25, 0.3) is 0 Å². The number of ketones is 7. The molecule has 0 saturated heterocycles. The van der Waals surface area contributed by atoms with Crippen LogP contribution in [0.3, 0.4) is 0 Å². The Bertz CT molecular complexity index is 3110. The SMILES string of the molecule is CS(=O)(=O)c1cc(C(F)(F)F)ccc1C(=O)c1cnoc1C1CC1.CS(=O)(=O)c1ccc(C(=O)C2C(=O)CCCC2=O)c(Cl)c1.CS(=O)(=O)c1ccc(C(=O)C2C(=O)CCCC2=O)c([N+](=O)[O-])c1. The summed E-state index contributed by atoms with van der Waals surface area (Å²) in [6.07, 6.45) is 2.10. The van der Waals surface area contributed by atoms with Gasteiger partial charge in [0, 0.05) is 67.6 Å². The highest BCUT2D eigenvalue weighted by Crippen LogP contribution is 2.42. The molecule has 362 valence electrons. The van der Waals surface area contributed by atoms with Gasteiger partial charge in [-0.1, -0.05) is 16.8 Å². The molecule has 4 aromatic rings. The van der Waals surface area contributed by atoms with Crippen LogP contribution in [-0.4, -0.2) is 94.6 Å². The van der Waals surface area contributed by atoms with Crippen molar-refractivity contribution in [2.24, 2.45) is 11.8 Å². The average Bonchev–Trinajstić information content (AvgIpc) is 3.97. The highest BCUT2D eigenvalue weighted by molar-refractivity contribution is 7.91. The van der Waals surface area contributed by atoms with Crippen molar-refractivity contribution in [1.82, 2.24) is 5.16 Å². The third kappa shape index (κ3) is 12.3. The lowest BCUT2D eigenvalue weighted by Gasteiger charge is -2.18. The first-order valence-corrected chi connectivity index (χ1v) is 26.1. The number of carbonyl (C=O) groups is 7. The van der Waals surface area contributed by atoms with Gasteiger partial charge in [0.1, 0.15) is 11.8 Å². The van der Waals surface area contributed by atoms with Crippen LogP contribution in [0, 0.1) is 22.0 Å². The normalized spacial score (nSPS) is 16.3. The van der Waals surface area contributed by atoms with E-state index < -0.39 is 115 Å². The summed E-state index contributed by atoms with van der Waals surface area (Å²) in [5, 5.41) is 14.6. The standard InChI is InChI=1S/C15H12F3NO4S.C14H13ClO5S.C14H13NO7S/c1-24(21,22)12-6-9(15(16,17)18)4-5-10(12)13(20)11-7-19-23-14(11)8-2-3-8;1-21(19,20)8-5-6-9(10(15)7-8)14(18)13-11(16)3-2-4-12(13)17;1-23(21,22)8-5-6-9(10(7-8)15(19)20)14(18)13-11(16)3-2-4-12(13)17/h4-8H,2-3H2,1H3;5-7,13H,2-4H2,1H3;5-7,13H,2-4H2,1H3. The molecule has 3 saturated carbocycles. The number of nitro groups is 1. The fraction of sp³-hybridized carbons (Fsp3) is 0.349. The van der Waals surface area contributed by atoms with E-state index in [0.29, 0.717) is 30.7 Å². The number of sulfone groups is 3.